The lowest BCUT2D eigenvalue weighted by atomic mass is 10.2. The predicted octanol–water partition coefficient (Wildman–Crippen LogP) is 1.84. The fraction of sp³-hybridized carbons (Fsp3) is 0.389. The molecule has 132 valence electrons. The molecule has 25 heavy (non-hydrogen) atoms. The fourth-order valence-electron chi connectivity index (χ4n) is 2.73. The Hall–Kier alpha value is -2.83. The Kier molecular flexibility index (Phi) is 5.02. The quantitative estimate of drug-likeness (QED) is 0.826. The monoisotopic (exact) mass is 342 g/mol. The van der Waals surface area contributed by atoms with Crippen molar-refractivity contribution in [2.45, 2.75) is 12.5 Å². The van der Waals surface area contributed by atoms with E-state index in [1.807, 2.05) is 37.2 Å². The maximum atomic E-state index is 12.6. The zero-order valence-corrected chi connectivity index (χ0v) is 14.7. The van der Waals surface area contributed by atoms with Gasteiger partial charge < -0.3 is 19.3 Å². The maximum Gasteiger partial charge on any atom is 0.254 e. The van der Waals surface area contributed by atoms with Crippen molar-refractivity contribution >= 4 is 11.7 Å². The molecule has 0 saturated carbocycles. The third-order valence-corrected chi connectivity index (χ3v) is 4.12. The molecular formula is C18H22N4O3. The van der Waals surface area contributed by atoms with E-state index in [-0.39, 0.29) is 12.0 Å². The van der Waals surface area contributed by atoms with Gasteiger partial charge >= 0.3 is 0 Å². The number of nitrogens with zero attached hydrogens (tertiary/aromatic N) is 4. The van der Waals surface area contributed by atoms with Gasteiger partial charge in [-0.15, -0.1) is 10.2 Å². The number of benzene rings is 1. The van der Waals surface area contributed by atoms with Crippen molar-refractivity contribution in [2.75, 3.05) is 39.2 Å². The molecule has 1 atom stereocenters. The molecule has 2 heterocycles. The van der Waals surface area contributed by atoms with Gasteiger partial charge in [0, 0.05) is 38.7 Å². The zero-order chi connectivity index (χ0) is 17.8. The number of hydrogen-bond acceptors (Lipinski definition) is 6. The first-order valence-corrected chi connectivity index (χ1v) is 8.18. The number of aromatic nitrogens is 2. The van der Waals surface area contributed by atoms with Gasteiger partial charge in [0.05, 0.1) is 13.7 Å². The van der Waals surface area contributed by atoms with Gasteiger partial charge in [-0.25, -0.2) is 0 Å². The number of rotatable bonds is 5. The van der Waals surface area contributed by atoms with E-state index in [2.05, 4.69) is 10.2 Å². The molecule has 0 N–H and O–H groups in total. The van der Waals surface area contributed by atoms with Gasteiger partial charge in [0.15, 0.2) is 5.82 Å². The van der Waals surface area contributed by atoms with E-state index in [1.165, 1.54) is 0 Å². The summed E-state index contributed by atoms with van der Waals surface area (Å²) in [5, 5.41) is 8.18. The molecule has 1 aliphatic rings. The summed E-state index contributed by atoms with van der Waals surface area (Å²) >= 11 is 0. The fourth-order valence-corrected chi connectivity index (χ4v) is 2.73. The van der Waals surface area contributed by atoms with E-state index < -0.39 is 0 Å². The summed E-state index contributed by atoms with van der Waals surface area (Å²) in [4.78, 5) is 16.3. The molecule has 1 amide bonds. The number of anilines is 1. The van der Waals surface area contributed by atoms with E-state index in [0.717, 1.165) is 12.2 Å². The van der Waals surface area contributed by atoms with Gasteiger partial charge in [-0.2, -0.15) is 0 Å². The number of ether oxygens (including phenoxy) is 2. The normalized spacial score (nSPS) is 16.6. The summed E-state index contributed by atoms with van der Waals surface area (Å²) in [6.07, 6.45) is 0.696. The zero-order valence-electron chi connectivity index (χ0n) is 14.7. The van der Waals surface area contributed by atoms with Crippen LogP contribution in [0.25, 0.3) is 0 Å². The number of carbonyl (C=O) groups is 1. The first-order chi connectivity index (χ1) is 12.1. The number of likely N-dealkylation sites (tertiary alicyclic amines) is 1. The van der Waals surface area contributed by atoms with Crippen molar-refractivity contribution in [2.24, 2.45) is 0 Å². The Bertz CT molecular complexity index is 733. The third kappa shape index (κ3) is 3.99. The van der Waals surface area contributed by atoms with E-state index in [4.69, 9.17) is 9.47 Å². The Morgan fingerprint density at radius 2 is 2.08 bits per heavy atom. The van der Waals surface area contributed by atoms with Crippen LogP contribution in [0.5, 0.6) is 11.6 Å². The molecule has 2 aromatic rings. The molecule has 3 rings (SSSR count). The predicted molar refractivity (Wildman–Crippen MR) is 94.3 cm³/mol. The van der Waals surface area contributed by atoms with Crippen LogP contribution >= 0.6 is 0 Å². The van der Waals surface area contributed by atoms with Crippen LogP contribution in [0.4, 0.5) is 5.82 Å². The molecule has 0 radical (unpaired) electrons. The second-order valence-corrected chi connectivity index (χ2v) is 6.14. The number of carbonyl (C=O) groups excluding carboxylic acids is 1. The molecule has 7 nitrogen and oxygen atoms in total. The Balaban J connectivity index is 1.60. The van der Waals surface area contributed by atoms with Crippen molar-refractivity contribution in [3.05, 3.63) is 42.0 Å². The van der Waals surface area contributed by atoms with Crippen LogP contribution < -0.4 is 14.4 Å². The molecule has 1 unspecified atom stereocenters. The lowest BCUT2D eigenvalue weighted by Crippen LogP contribution is -2.31. The molecule has 0 bridgehead atoms. The Morgan fingerprint density at radius 3 is 2.76 bits per heavy atom. The molecule has 0 spiro atoms. The SMILES string of the molecule is COc1cccc(C(=O)N2CCC(Oc3ccc(N(C)C)nn3)C2)c1. The summed E-state index contributed by atoms with van der Waals surface area (Å²) in [5.74, 6) is 1.91. The lowest BCUT2D eigenvalue weighted by molar-refractivity contribution is 0.0770. The van der Waals surface area contributed by atoms with Crippen molar-refractivity contribution in [3.8, 4) is 11.6 Å². The van der Waals surface area contributed by atoms with Crippen LogP contribution in [-0.4, -0.2) is 61.4 Å². The highest BCUT2D eigenvalue weighted by Crippen LogP contribution is 2.21. The first-order valence-electron chi connectivity index (χ1n) is 8.18. The average molecular weight is 342 g/mol. The summed E-state index contributed by atoms with van der Waals surface area (Å²) in [7, 11) is 5.40. The molecule has 1 saturated heterocycles. The molecular weight excluding hydrogens is 320 g/mol. The minimum absolute atomic E-state index is 0.0148. The van der Waals surface area contributed by atoms with Crippen LogP contribution in [0.2, 0.25) is 0 Å². The van der Waals surface area contributed by atoms with Gasteiger partial charge in [-0.1, -0.05) is 6.07 Å². The van der Waals surface area contributed by atoms with Crippen molar-refractivity contribution in [1.29, 1.82) is 0 Å². The number of hydrogen-bond donors (Lipinski definition) is 0. The van der Waals surface area contributed by atoms with E-state index in [9.17, 15) is 4.79 Å². The lowest BCUT2D eigenvalue weighted by Gasteiger charge is -2.17. The number of methoxy groups -OCH3 is 1. The summed E-state index contributed by atoms with van der Waals surface area (Å²) in [5.41, 5.74) is 0.620. The highest BCUT2D eigenvalue weighted by Gasteiger charge is 2.28. The van der Waals surface area contributed by atoms with Gasteiger partial charge in [0.2, 0.25) is 5.88 Å². The number of amides is 1. The minimum atomic E-state index is -0.0749. The second-order valence-electron chi connectivity index (χ2n) is 6.14. The Morgan fingerprint density at radius 1 is 1.24 bits per heavy atom. The highest BCUT2D eigenvalue weighted by molar-refractivity contribution is 5.94. The third-order valence-electron chi connectivity index (χ3n) is 4.12. The van der Waals surface area contributed by atoms with Crippen LogP contribution in [0, 0.1) is 0 Å². The van der Waals surface area contributed by atoms with Crippen molar-refractivity contribution in [3.63, 3.8) is 0 Å². The van der Waals surface area contributed by atoms with Crippen molar-refractivity contribution < 1.29 is 14.3 Å². The standard InChI is InChI=1S/C18H22N4O3/c1-21(2)16-7-8-17(20-19-16)25-15-9-10-22(12-15)18(23)13-5-4-6-14(11-13)24-3/h4-8,11,15H,9-10,12H2,1-3H3. The van der Waals surface area contributed by atoms with Gasteiger partial charge in [0.1, 0.15) is 11.9 Å². The van der Waals surface area contributed by atoms with E-state index in [1.54, 1.807) is 30.2 Å². The summed E-state index contributed by atoms with van der Waals surface area (Å²) < 4.78 is 11.0. The van der Waals surface area contributed by atoms with Crippen LogP contribution in [0.1, 0.15) is 16.8 Å². The Labute approximate surface area is 147 Å². The van der Waals surface area contributed by atoms with Gasteiger partial charge in [-0.05, 0) is 24.3 Å². The molecule has 1 aromatic heterocycles. The molecule has 1 aromatic carbocycles. The minimum Gasteiger partial charge on any atom is -0.497 e. The second kappa shape index (κ2) is 7.38. The first kappa shape index (κ1) is 17.0. The maximum absolute atomic E-state index is 12.6. The topological polar surface area (TPSA) is 67.8 Å². The average Bonchev–Trinajstić information content (AvgIpc) is 3.10. The van der Waals surface area contributed by atoms with Crippen LogP contribution in [0.15, 0.2) is 36.4 Å². The van der Waals surface area contributed by atoms with Gasteiger partial charge in [0.25, 0.3) is 5.91 Å². The van der Waals surface area contributed by atoms with Crippen molar-refractivity contribution in [1.82, 2.24) is 15.1 Å². The van der Waals surface area contributed by atoms with Gasteiger partial charge in [-0.3, -0.25) is 4.79 Å². The van der Waals surface area contributed by atoms with Crippen LogP contribution in [0.3, 0.4) is 0 Å². The van der Waals surface area contributed by atoms with E-state index in [0.29, 0.717) is 30.3 Å². The summed E-state index contributed by atoms with van der Waals surface area (Å²) in [6, 6.07) is 10.8. The molecule has 7 heteroatoms. The highest BCUT2D eigenvalue weighted by atomic mass is 16.5. The largest absolute Gasteiger partial charge is 0.497 e. The molecule has 1 aliphatic heterocycles. The smallest absolute Gasteiger partial charge is 0.254 e. The van der Waals surface area contributed by atoms with Crippen LogP contribution in [-0.2, 0) is 0 Å². The molecule has 0 aliphatic carbocycles. The summed E-state index contributed by atoms with van der Waals surface area (Å²) in [6.45, 7) is 1.19. The molecule has 1 fully saturated rings. The van der Waals surface area contributed by atoms with E-state index >= 15 is 0 Å².